The van der Waals surface area contributed by atoms with Crippen LogP contribution in [0.4, 0.5) is 0 Å². The fraction of sp³-hybridized carbons (Fsp3) is 0.294. The number of rotatable bonds is 3. The van der Waals surface area contributed by atoms with Crippen LogP contribution in [0.15, 0.2) is 48.5 Å². The van der Waals surface area contributed by atoms with E-state index in [1.54, 1.807) is 0 Å². The summed E-state index contributed by atoms with van der Waals surface area (Å²) in [6, 6.07) is 17.0. The minimum Gasteiger partial charge on any atom is -0.320 e. The number of hydrogen-bond donors (Lipinski definition) is 1. The van der Waals surface area contributed by atoms with Crippen molar-refractivity contribution in [1.29, 1.82) is 0 Å². The van der Waals surface area contributed by atoms with E-state index in [1.807, 2.05) is 0 Å². The fourth-order valence-electron chi connectivity index (χ4n) is 2.05. The van der Waals surface area contributed by atoms with E-state index in [2.05, 4.69) is 69.3 Å². The zero-order chi connectivity index (χ0) is 13.1. The molecule has 94 valence electrons. The third kappa shape index (κ3) is 2.80. The molecule has 2 rings (SSSR count). The van der Waals surface area contributed by atoms with Gasteiger partial charge in [0.05, 0.1) is 6.04 Å². The van der Waals surface area contributed by atoms with E-state index < -0.39 is 0 Å². The summed E-state index contributed by atoms with van der Waals surface area (Å²) in [5, 5.41) is 0. The highest BCUT2D eigenvalue weighted by Gasteiger charge is 2.08. The van der Waals surface area contributed by atoms with Gasteiger partial charge in [0.2, 0.25) is 0 Å². The van der Waals surface area contributed by atoms with Crippen LogP contribution in [0.1, 0.15) is 48.1 Å². The lowest BCUT2D eigenvalue weighted by Gasteiger charge is -2.14. The van der Waals surface area contributed by atoms with Gasteiger partial charge in [-0.25, -0.2) is 0 Å². The Bertz CT molecular complexity index is 494. The first-order valence-corrected chi connectivity index (χ1v) is 6.50. The first-order valence-electron chi connectivity index (χ1n) is 6.50. The van der Waals surface area contributed by atoms with Gasteiger partial charge in [-0.05, 0) is 29.5 Å². The molecule has 0 heterocycles. The standard InChI is InChI=1S/C17H21N/c1-12(2)14-8-10-16(11-9-14)17(18)15-6-4-13(3)5-7-15/h4-12,17H,18H2,1-3H3. The molecule has 0 aliphatic carbocycles. The number of aryl methyl sites for hydroxylation is 1. The molecule has 0 aliphatic rings. The predicted octanol–water partition coefficient (Wildman–Crippen LogP) is 4.17. The Hall–Kier alpha value is -1.60. The van der Waals surface area contributed by atoms with Crippen molar-refractivity contribution in [2.45, 2.75) is 32.7 Å². The highest BCUT2D eigenvalue weighted by atomic mass is 14.6. The number of hydrogen-bond acceptors (Lipinski definition) is 1. The highest BCUT2D eigenvalue weighted by molar-refractivity contribution is 5.34. The molecule has 2 N–H and O–H groups in total. The Morgan fingerprint density at radius 3 is 1.56 bits per heavy atom. The van der Waals surface area contributed by atoms with E-state index in [4.69, 9.17) is 5.73 Å². The zero-order valence-corrected chi connectivity index (χ0v) is 11.4. The topological polar surface area (TPSA) is 26.0 Å². The Morgan fingerprint density at radius 1 is 0.722 bits per heavy atom. The molecule has 0 amide bonds. The van der Waals surface area contributed by atoms with Crippen LogP contribution in [0.2, 0.25) is 0 Å². The summed E-state index contributed by atoms with van der Waals surface area (Å²) >= 11 is 0. The quantitative estimate of drug-likeness (QED) is 0.855. The van der Waals surface area contributed by atoms with E-state index in [1.165, 1.54) is 16.7 Å². The largest absolute Gasteiger partial charge is 0.320 e. The molecular weight excluding hydrogens is 218 g/mol. The third-order valence-corrected chi connectivity index (χ3v) is 3.40. The van der Waals surface area contributed by atoms with E-state index in [0.29, 0.717) is 5.92 Å². The Kier molecular flexibility index (Phi) is 3.83. The van der Waals surface area contributed by atoms with Gasteiger partial charge < -0.3 is 5.73 Å². The minimum atomic E-state index is -0.0354. The summed E-state index contributed by atoms with van der Waals surface area (Å²) in [5.74, 6) is 0.564. The van der Waals surface area contributed by atoms with Gasteiger partial charge in [-0.15, -0.1) is 0 Å². The molecular formula is C17H21N. The van der Waals surface area contributed by atoms with Gasteiger partial charge in [0.1, 0.15) is 0 Å². The van der Waals surface area contributed by atoms with Crippen LogP contribution in [-0.4, -0.2) is 0 Å². The monoisotopic (exact) mass is 239 g/mol. The van der Waals surface area contributed by atoms with Gasteiger partial charge in [-0.2, -0.15) is 0 Å². The van der Waals surface area contributed by atoms with Gasteiger partial charge in [-0.1, -0.05) is 67.9 Å². The van der Waals surface area contributed by atoms with Crippen molar-refractivity contribution in [1.82, 2.24) is 0 Å². The summed E-state index contributed by atoms with van der Waals surface area (Å²) in [6.45, 7) is 6.50. The molecule has 0 saturated heterocycles. The van der Waals surface area contributed by atoms with E-state index in [-0.39, 0.29) is 6.04 Å². The summed E-state index contributed by atoms with van der Waals surface area (Å²) in [7, 11) is 0. The summed E-state index contributed by atoms with van der Waals surface area (Å²) in [4.78, 5) is 0. The van der Waals surface area contributed by atoms with E-state index >= 15 is 0 Å². The van der Waals surface area contributed by atoms with Crippen molar-refractivity contribution in [2.24, 2.45) is 5.73 Å². The summed E-state index contributed by atoms with van der Waals surface area (Å²) < 4.78 is 0. The Labute approximate surface area is 110 Å². The number of nitrogens with two attached hydrogens (primary N) is 1. The lowest BCUT2D eigenvalue weighted by molar-refractivity contribution is 0.847. The molecule has 1 heteroatoms. The molecule has 18 heavy (non-hydrogen) atoms. The molecule has 0 aromatic heterocycles. The average Bonchev–Trinajstić information content (AvgIpc) is 2.39. The van der Waals surface area contributed by atoms with Crippen LogP contribution in [0.5, 0.6) is 0 Å². The molecule has 0 fully saturated rings. The van der Waals surface area contributed by atoms with Crippen LogP contribution in [-0.2, 0) is 0 Å². The van der Waals surface area contributed by atoms with Crippen LogP contribution in [0, 0.1) is 6.92 Å². The maximum absolute atomic E-state index is 6.29. The lowest BCUT2D eigenvalue weighted by atomic mass is 9.95. The fourth-order valence-corrected chi connectivity index (χ4v) is 2.05. The maximum atomic E-state index is 6.29. The second-order valence-corrected chi connectivity index (χ2v) is 5.21. The maximum Gasteiger partial charge on any atom is 0.0551 e. The molecule has 2 aromatic rings. The van der Waals surface area contributed by atoms with Crippen molar-refractivity contribution in [3.05, 3.63) is 70.8 Å². The molecule has 0 bridgehead atoms. The third-order valence-electron chi connectivity index (χ3n) is 3.40. The normalized spacial score (nSPS) is 12.7. The summed E-state index contributed by atoms with van der Waals surface area (Å²) in [5.41, 5.74) is 11.2. The zero-order valence-electron chi connectivity index (χ0n) is 11.4. The van der Waals surface area contributed by atoms with E-state index in [0.717, 1.165) is 5.56 Å². The van der Waals surface area contributed by atoms with Gasteiger partial charge in [0.25, 0.3) is 0 Å². The van der Waals surface area contributed by atoms with Crippen molar-refractivity contribution >= 4 is 0 Å². The second kappa shape index (κ2) is 5.36. The van der Waals surface area contributed by atoms with Crippen molar-refractivity contribution in [2.75, 3.05) is 0 Å². The predicted molar refractivity (Wildman–Crippen MR) is 77.7 cm³/mol. The van der Waals surface area contributed by atoms with Gasteiger partial charge in [0, 0.05) is 0 Å². The second-order valence-electron chi connectivity index (χ2n) is 5.21. The Balaban J connectivity index is 2.23. The average molecular weight is 239 g/mol. The summed E-state index contributed by atoms with van der Waals surface area (Å²) in [6.07, 6.45) is 0. The van der Waals surface area contributed by atoms with Crippen LogP contribution in [0.3, 0.4) is 0 Å². The molecule has 1 atom stereocenters. The first-order chi connectivity index (χ1) is 8.58. The Morgan fingerprint density at radius 2 is 1.11 bits per heavy atom. The molecule has 1 nitrogen and oxygen atoms in total. The molecule has 0 spiro atoms. The lowest BCUT2D eigenvalue weighted by Crippen LogP contribution is -2.11. The molecule has 0 aliphatic heterocycles. The molecule has 0 radical (unpaired) electrons. The van der Waals surface area contributed by atoms with Crippen LogP contribution in [0.25, 0.3) is 0 Å². The van der Waals surface area contributed by atoms with Crippen LogP contribution < -0.4 is 5.73 Å². The molecule has 2 aromatic carbocycles. The molecule has 1 unspecified atom stereocenters. The highest BCUT2D eigenvalue weighted by Crippen LogP contribution is 2.22. The van der Waals surface area contributed by atoms with Crippen LogP contribution >= 0.6 is 0 Å². The smallest absolute Gasteiger partial charge is 0.0551 e. The van der Waals surface area contributed by atoms with Gasteiger partial charge >= 0.3 is 0 Å². The molecule has 0 saturated carbocycles. The number of benzene rings is 2. The van der Waals surface area contributed by atoms with Crippen molar-refractivity contribution < 1.29 is 0 Å². The van der Waals surface area contributed by atoms with Crippen molar-refractivity contribution in [3.63, 3.8) is 0 Å². The SMILES string of the molecule is Cc1ccc(C(N)c2ccc(C(C)C)cc2)cc1. The van der Waals surface area contributed by atoms with E-state index in [9.17, 15) is 0 Å². The minimum absolute atomic E-state index is 0.0354. The van der Waals surface area contributed by atoms with Crippen molar-refractivity contribution in [3.8, 4) is 0 Å². The van der Waals surface area contributed by atoms with Gasteiger partial charge in [0.15, 0.2) is 0 Å². The first kappa shape index (κ1) is 12.8. The van der Waals surface area contributed by atoms with Gasteiger partial charge in [-0.3, -0.25) is 0 Å².